The van der Waals surface area contributed by atoms with Crippen molar-refractivity contribution in [2.24, 2.45) is 5.92 Å². The minimum Gasteiger partial charge on any atom is -0.356 e. The molecule has 1 aliphatic rings. The van der Waals surface area contributed by atoms with E-state index in [-0.39, 0.29) is 24.1 Å². The highest BCUT2D eigenvalue weighted by molar-refractivity contribution is 7.14. The fraction of sp³-hybridized carbons (Fsp3) is 0.400. The van der Waals surface area contributed by atoms with Crippen LogP contribution in [0.25, 0.3) is 0 Å². The average molecular weight is 401 g/mol. The fourth-order valence-electron chi connectivity index (χ4n) is 3.15. The van der Waals surface area contributed by atoms with Crippen molar-refractivity contribution in [3.63, 3.8) is 0 Å². The molecule has 0 bridgehead atoms. The first kappa shape index (κ1) is 20.0. The molecule has 1 aliphatic heterocycles. The Morgan fingerprint density at radius 2 is 1.89 bits per heavy atom. The normalized spacial score (nSPS) is 14.5. The monoisotopic (exact) mass is 400 g/mol. The summed E-state index contributed by atoms with van der Waals surface area (Å²) in [6, 6.07) is 8.94. The Balaban J connectivity index is 1.47. The van der Waals surface area contributed by atoms with Crippen molar-refractivity contribution in [2.45, 2.75) is 26.2 Å². The van der Waals surface area contributed by atoms with Gasteiger partial charge in [0.25, 0.3) is 5.91 Å². The molecule has 0 atom stereocenters. The highest BCUT2D eigenvalue weighted by Crippen LogP contribution is 2.20. The SMILES string of the molecule is CC(=O)NCC1CCN(C(=O)Cc2csc(NC(=O)c3ccccc3)n2)CC1. The van der Waals surface area contributed by atoms with Crippen molar-refractivity contribution in [1.29, 1.82) is 0 Å². The zero-order valence-electron chi connectivity index (χ0n) is 15.8. The number of anilines is 1. The number of nitrogens with one attached hydrogen (secondary N) is 2. The second-order valence-corrected chi connectivity index (χ2v) is 7.76. The molecule has 1 fully saturated rings. The molecule has 1 aromatic heterocycles. The predicted octanol–water partition coefficient (Wildman–Crippen LogP) is 2.31. The topological polar surface area (TPSA) is 91.4 Å². The zero-order chi connectivity index (χ0) is 19.9. The molecule has 0 saturated carbocycles. The Morgan fingerprint density at radius 1 is 1.18 bits per heavy atom. The number of hydrogen-bond donors (Lipinski definition) is 2. The van der Waals surface area contributed by atoms with Gasteiger partial charge in [-0.05, 0) is 30.9 Å². The first-order valence-corrected chi connectivity index (χ1v) is 10.2. The maximum absolute atomic E-state index is 12.5. The molecule has 2 aromatic rings. The van der Waals surface area contributed by atoms with Gasteiger partial charge in [-0.25, -0.2) is 4.98 Å². The number of thiazole rings is 1. The van der Waals surface area contributed by atoms with Crippen LogP contribution >= 0.6 is 11.3 Å². The van der Waals surface area contributed by atoms with E-state index >= 15 is 0 Å². The van der Waals surface area contributed by atoms with Crippen LogP contribution in [0.1, 0.15) is 35.8 Å². The van der Waals surface area contributed by atoms with Gasteiger partial charge >= 0.3 is 0 Å². The van der Waals surface area contributed by atoms with Gasteiger partial charge in [-0.3, -0.25) is 19.7 Å². The molecule has 0 aliphatic carbocycles. The van der Waals surface area contributed by atoms with Crippen molar-refractivity contribution in [2.75, 3.05) is 25.0 Å². The largest absolute Gasteiger partial charge is 0.356 e. The van der Waals surface area contributed by atoms with E-state index in [4.69, 9.17) is 0 Å². The van der Waals surface area contributed by atoms with Crippen molar-refractivity contribution >= 4 is 34.2 Å². The molecule has 1 saturated heterocycles. The van der Waals surface area contributed by atoms with E-state index in [2.05, 4.69) is 15.6 Å². The van der Waals surface area contributed by atoms with Gasteiger partial charge in [-0.2, -0.15) is 0 Å². The average Bonchev–Trinajstić information content (AvgIpc) is 3.14. The zero-order valence-corrected chi connectivity index (χ0v) is 16.6. The van der Waals surface area contributed by atoms with Crippen LogP contribution in [0.5, 0.6) is 0 Å². The number of carbonyl (C=O) groups is 3. The summed E-state index contributed by atoms with van der Waals surface area (Å²) in [7, 11) is 0. The summed E-state index contributed by atoms with van der Waals surface area (Å²) in [5, 5.41) is 7.91. The van der Waals surface area contributed by atoms with Gasteiger partial charge in [-0.1, -0.05) is 18.2 Å². The lowest BCUT2D eigenvalue weighted by molar-refractivity contribution is -0.132. The number of rotatable bonds is 6. The first-order valence-electron chi connectivity index (χ1n) is 9.34. The van der Waals surface area contributed by atoms with E-state index in [0.29, 0.717) is 41.9 Å². The molecule has 8 heteroatoms. The summed E-state index contributed by atoms with van der Waals surface area (Å²) in [5.41, 5.74) is 1.23. The molecule has 0 radical (unpaired) electrons. The molecule has 0 spiro atoms. The minimum atomic E-state index is -0.214. The number of hydrogen-bond acceptors (Lipinski definition) is 5. The number of benzene rings is 1. The lowest BCUT2D eigenvalue weighted by atomic mass is 9.96. The van der Waals surface area contributed by atoms with Crippen molar-refractivity contribution in [3.8, 4) is 0 Å². The molecule has 3 amide bonds. The molecule has 7 nitrogen and oxygen atoms in total. The molecule has 2 N–H and O–H groups in total. The summed E-state index contributed by atoms with van der Waals surface area (Å²) in [6.07, 6.45) is 2.01. The van der Waals surface area contributed by atoms with Crippen LogP contribution in [0.15, 0.2) is 35.7 Å². The maximum Gasteiger partial charge on any atom is 0.257 e. The van der Waals surface area contributed by atoms with Crippen LogP contribution < -0.4 is 10.6 Å². The van der Waals surface area contributed by atoms with E-state index in [1.54, 1.807) is 24.3 Å². The highest BCUT2D eigenvalue weighted by atomic mass is 32.1. The quantitative estimate of drug-likeness (QED) is 0.778. The number of carbonyl (C=O) groups excluding carboxylic acids is 3. The summed E-state index contributed by atoms with van der Waals surface area (Å²) >= 11 is 1.32. The van der Waals surface area contributed by atoms with Crippen LogP contribution in [-0.2, 0) is 16.0 Å². The van der Waals surface area contributed by atoms with E-state index in [9.17, 15) is 14.4 Å². The van der Waals surface area contributed by atoms with Crippen molar-refractivity contribution < 1.29 is 14.4 Å². The Bertz CT molecular complexity index is 829. The molecule has 3 rings (SSSR count). The number of amides is 3. The van der Waals surface area contributed by atoms with Crippen LogP contribution in [-0.4, -0.2) is 47.2 Å². The Morgan fingerprint density at radius 3 is 2.57 bits per heavy atom. The van der Waals surface area contributed by atoms with Gasteiger partial charge in [0.15, 0.2) is 5.13 Å². The van der Waals surface area contributed by atoms with Gasteiger partial charge in [0.2, 0.25) is 11.8 Å². The van der Waals surface area contributed by atoms with E-state index in [1.165, 1.54) is 18.3 Å². The third-order valence-electron chi connectivity index (χ3n) is 4.75. The smallest absolute Gasteiger partial charge is 0.257 e. The Labute approximate surface area is 168 Å². The van der Waals surface area contributed by atoms with Crippen LogP contribution in [0, 0.1) is 5.92 Å². The van der Waals surface area contributed by atoms with Crippen LogP contribution in [0.3, 0.4) is 0 Å². The molecule has 2 heterocycles. The van der Waals surface area contributed by atoms with Crippen molar-refractivity contribution in [1.82, 2.24) is 15.2 Å². The van der Waals surface area contributed by atoms with Gasteiger partial charge < -0.3 is 10.2 Å². The Hall–Kier alpha value is -2.74. The van der Waals surface area contributed by atoms with Gasteiger partial charge in [0, 0.05) is 37.5 Å². The van der Waals surface area contributed by atoms with E-state index in [1.807, 2.05) is 16.3 Å². The second-order valence-electron chi connectivity index (χ2n) is 6.90. The highest BCUT2D eigenvalue weighted by Gasteiger charge is 2.23. The number of likely N-dealkylation sites (tertiary alicyclic amines) is 1. The Kier molecular flexibility index (Phi) is 6.76. The van der Waals surface area contributed by atoms with E-state index in [0.717, 1.165) is 12.8 Å². The third-order valence-corrected chi connectivity index (χ3v) is 5.55. The first-order chi connectivity index (χ1) is 13.5. The van der Waals surface area contributed by atoms with Crippen LogP contribution in [0.4, 0.5) is 5.13 Å². The summed E-state index contributed by atoms with van der Waals surface area (Å²) in [6.45, 7) is 3.59. The van der Waals surface area contributed by atoms with Crippen molar-refractivity contribution in [3.05, 3.63) is 47.0 Å². The second kappa shape index (κ2) is 9.45. The summed E-state index contributed by atoms with van der Waals surface area (Å²) in [4.78, 5) is 41.9. The molecule has 0 unspecified atom stereocenters. The maximum atomic E-state index is 12.5. The molecule has 1 aromatic carbocycles. The standard InChI is InChI=1S/C20H24N4O3S/c1-14(25)21-12-15-7-9-24(10-8-15)18(26)11-17-13-28-20(22-17)23-19(27)16-5-3-2-4-6-16/h2-6,13,15H,7-12H2,1H3,(H,21,25)(H,22,23,27). The predicted molar refractivity (Wildman–Crippen MR) is 108 cm³/mol. The fourth-order valence-corrected chi connectivity index (χ4v) is 3.85. The molecule has 28 heavy (non-hydrogen) atoms. The van der Waals surface area contributed by atoms with Gasteiger partial charge in [0.05, 0.1) is 12.1 Å². The molecular weight excluding hydrogens is 376 g/mol. The third kappa shape index (κ3) is 5.63. The van der Waals surface area contributed by atoms with E-state index < -0.39 is 0 Å². The minimum absolute atomic E-state index is 0.0165. The molecule has 148 valence electrons. The van der Waals surface area contributed by atoms with Gasteiger partial charge in [0.1, 0.15) is 0 Å². The number of aromatic nitrogens is 1. The van der Waals surface area contributed by atoms with Gasteiger partial charge in [-0.15, -0.1) is 11.3 Å². The summed E-state index contributed by atoms with van der Waals surface area (Å²) in [5.74, 6) is 0.238. The molecular formula is C20H24N4O3S. The lowest BCUT2D eigenvalue weighted by Gasteiger charge is -2.32. The van der Waals surface area contributed by atoms with Crippen LogP contribution in [0.2, 0.25) is 0 Å². The number of piperidine rings is 1. The summed E-state index contributed by atoms with van der Waals surface area (Å²) < 4.78 is 0. The lowest BCUT2D eigenvalue weighted by Crippen LogP contribution is -2.42. The number of nitrogens with zero attached hydrogens (tertiary/aromatic N) is 2.